The molecule has 1 aromatic carbocycles. The largest absolute Gasteiger partial charge is 0.337 e. The van der Waals surface area contributed by atoms with Gasteiger partial charge in [0.15, 0.2) is 11.0 Å². The molecule has 0 radical (unpaired) electrons. The monoisotopic (exact) mass is 346 g/mol. The second-order valence-electron chi connectivity index (χ2n) is 6.51. The minimum Gasteiger partial charge on any atom is -0.337 e. The zero-order chi connectivity index (χ0) is 17.9. The Kier molecular flexibility index (Phi) is 6.04. The number of nitrogens with zero attached hydrogens (tertiary/aromatic N) is 4. The molecule has 0 spiro atoms. The molecule has 6 heteroatoms. The third kappa shape index (κ3) is 4.17. The molecule has 2 rings (SSSR count). The van der Waals surface area contributed by atoms with E-state index >= 15 is 0 Å². The molecule has 0 aliphatic rings. The third-order valence-corrected chi connectivity index (χ3v) is 4.84. The zero-order valence-electron chi connectivity index (χ0n) is 15.3. The lowest BCUT2D eigenvalue weighted by Crippen LogP contribution is -2.43. The van der Waals surface area contributed by atoms with Gasteiger partial charge in [0.25, 0.3) is 0 Å². The topological polar surface area (TPSA) is 51.0 Å². The van der Waals surface area contributed by atoms with Crippen LogP contribution < -0.4 is 0 Å². The van der Waals surface area contributed by atoms with E-state index in [1.54, 1.807) is 0 Å². The number of amides is 1. The van der Waals surface area contributed by atoms with Gasteiger partial charge in [-0.1, -0.05) is 35.5 Å². The first-order valence-electron chi connectivity index (χ1n) is 8.21. The summed E-state index contributed by atoms with van der Waals surface area (Å²) in [5.41, 5.74) is 2.22. The van der Waals surface area contributed by atoms with Gasteiger partial charge in [-0.2, -0.15) is 0 Å². The van der Waals surface area contributed by atoms with Gasteiger partial charge in [-0.25, -0.2) is 0 Å². The van der Waals surface area contributed by atoms with Crippen LogP contribution >= 0.6 is 11.8 Å². The van der Waals surface area contributed by atoms with Gasteiger partial charge >= 0.3 is 0 Å². The van der Waals surface area contributed by atoms with Gasteiger partial charge in [-0.05, 0) is 40.7 Å². The van der Waals surface area contributed by atoms with Crippen LogP contribution in [0.2, 0.25) is 0 Å². The van der Waals surface area contributed by atoms with Gasteiger partial charge in [0, 0.05) is 24.7 Å². The molecule has 0 fully saturated rings. The summed E-state index contributed by atoms with van der Waals surface area (Å²) in [7, 11) is 1.94. The molecule has 5 nitrogen and oxygen atoms in total. The standard InChI is InChI=1S/C18H26N4OS/c1-12(2)22(13(3)4)16(23)11-24-18-20-19-17(21(18)6)15-9-7-8-14(5)10-15/h7-10,12-13H,11H2,1-6H3. The molecule has 0 aliphatic carbocycles. The maximum atomic E-state index is 12.5. The Morgan fingerprint density at radius 2 is 1.88 bits per heavy atom. The van der Waals surface area contributed by atoms with Crippen molar-refractivity contribution in [2.45, 2.75) is 51.9 Å². The molecule has 0 N–H and O–H groups in total. The van der Waals surface area contributed by atoms with E-state index in [4.69, 9.17) is 0 Å². The number of carbonyl (C=O) groups excluding carboxylic acids is 1. The van der Waals surface area contributed by atoms with Crippen molar-refractivity contribution in [3.05, 3.63) is 29.8 Å². The van der Waals surface area contributed by atoms with Crippen molar-refractivity contribution in [1.29, 1.82) is 0 Å². The predicted octanol–water partition coefficient (Wildman–Crippen LogP) is 3.53. The smallest absolute Gasteiger partial charge is 0.233 e. The van der Waals surface area contributed by atoms with Gasteiger partial charge < -0.3 is 9.47 Å². The predicted molar refractivity (Wildman–Crippen MR) is 99.0 cm³/mol. The fraction of sp³-hybridized carbons (Fsp3) is 0.500. The van der Waals surface area contributed by atoms with Crippen molar-refractivity contribution in [3.8, 4) is 11.4 Å². The average molecular weight is 347 g/mol. The Balaban J connectivity index is 2.11. The van der Waals surface area contributed by atoms with Gasteiger partial charge in [0.05, 0.1) is 5.75 Å². The van der Waals surface area contributed by atoms with Gasteiger partial charge in [0.1, 0.15) is 0 Å². The number of hydrogen-bond donors (Lipinski definition) is 0. The van der Waals surface area contributed by atoms with E-state index in [2.05, 4.69) is 29.3 Å². The molecule has 1 heterocycles. The number of rotatable bonds is 6. The normalized spacial score (nSPS) is 11.3. The first-order chi connectivity index (χ1) is 11.3. The fourth-order valence-corrected chi connectivity index (χ4v) is 3.63. The molecule has 1 amide bonds. The Morgan fingerprint density at radius 3 is 2.46 bits per heavy atom. The molecular formula is C18H26N4OS. The highest BCUT2D eigenvalue weighted by Gasteiger charge is 2.21. The van der Waals surface area contributed by atoms with Crippen molar-refractivity contribution < 1.29 is 4.79 Å². The lowest BCUT2D eigenvalue weighted by molar-refractivity contribution is -0.131. The van der Waals surface area contributed by atoms with Gasteiger partial charge in [-0.3, -0.25) is 4.79 Å². The van der Waals surface area contributed by atoms with Crippen LogP contribution in [0, 0.1) is 6.92 Å². The molecule has 0 bridgehead atoms. The molecule has 0 aliphatic heterocycles. The van der Waals surface area contributed by atoms with Crippen LogP contribution in [0.4, 0.5) is 0 Å². The van der Waals surface area contributed by atoms with E-state index in [9.17, 15) is 4.79 Å². The van der Waals surface area contributed by atoms with Crippen molar-refractivity contribution in [1.82, 2.24) is 19.7 Å². The number of aryl methyl sites for hydroxylation is 1. The summed E-state index contributed by atoms with van der Waals surface area (Å²) in [6.45, 7) is 10.2. The number of carbonyl (C=O) groups is 1. The van der Waals surface area contributed by atoms with Crippen molar-refractivity contribution >= 4 is 17.7 Å². The van der Waals surface area contributed by atoms with E-state index in [-0.39, 0.29) is 18.0 Å². The van der Waals surface area contributed by atoms with Gasteiger partial charge in [0.2, 0.25) is 5.91 Å². The van der Waals surface area contributed by atoms with E-state index in [0.717, 1.165) is 16.5 Å². The molecule has 0 atom stereocenters. The maximum Gasteiger partial charge on any atom is 0.233 e. The van der Waals surface area contributed by atoms with Crippen LogP contribution in [0.25, 0.3) is 11.4 Å². The number of thioether (sulfide) groups is 1. The SMILES string of the molecule is Cc1cccc(-c2nnc(SCC(=O)N(C(C)C)C(C)C)n2C)c1. The molecule has 2 aromatic rings. The Bertz CT molecular complexity index is 701. The molecule has 0 saturated carbocycles. The van der Waals surface area contributed by atoms with Crippen molar-refractivity contribution in [2.24, 2.45) is 7.05 Å². The Labute approximate surface area is 148 Å². The quantitative estimate of drug-likeness (QED) is 0.751. The van der Waals surface area contributed by atoms with E-state index < -0.39 is 0 Å². The van der Waals surface area contributed by atoms with Crippen LogP contribution in [0.1, 0.15) is 33.3 Å². The molecule has 130 valence electrons. The highest BCUT2D eigenvalue weighted by molar-refractivity contribution is 7.99. The number of aromatic nitrogens is 3. The molecule has 1 aromatic heterocycles. The molecule has 0 saturated heterocycles. The lowest BCUT2D eigenvalue weighted by atomic mass is 10.1. The molecule has 0 unspecified atom stereocenters. The maximum absolute atomic E-state index is 12.5. The molecular weight excluding hydrogens is 320 g/mol. The van der Waals surface area contributed by atoms with Crippen molar-refractivity contribution in [2.75, 3.05) is 5.75 Å². The number of hydrogen-bond acceptors (Lipinski definition) is 4. The van der Waals surface area contributed by atoms with Crippen LogP contribution in [-0.4, -0.2) is 43.4 Å². The van der Waals surface area contributed by atoms with E-state index in [0.29, 0.717) is 5.75 Å². The van der Waals surface area contributed by atoms with E-state index in [1.807, 2.05) is 56.3 Å². The zero-order valence-corrected chi connectivity index (χ0v) is 16.1. The minimum absolute atomic E-state index is 0.130. The summed E-state index contributed by atoms with van der Waals surface area (Å²) in [4.78, 5) is 14.4. The summed E-state index contributed by atoms with van der Waals surface area (Å²) in [6.07, 6.45) is 0. The van der Waals surface area contributed by atoms with Crippen LogP contribution in [0.3, 0.4) is 0 Å². The average Bonchev–Trinajstić information content (AvgIpc) is 2.85. The van der Waals surface area contributed by atoms with Crippen LogP contribution in [0.15, 0.2) is 29.4 Å². The van der Waals surface area contributed by atoms with E-state index in [1.165, 1.54) is 17.3 Å². The van der Waals surface area contributed by atoms with Crippen LogP contribution in [0.5, 0.6) is 0 Å². The molecule has 24 heavy (non-hydrogen) atoms. The van der Waals surface area contributed by atoms with Crippen LogP contribution in [-0.2, 0) is 11.8 Å². The highest BCUT2D eigenvalue weighted by Crippen LogP contribution is 2.23. The fourth-order valence-electron chi connectivity index (χ4n) is 2.85. The first kappa shape index (κ1) is 18.5. The Hall–Kier alpha value is -1.82. The summed E-state index contributed by atoms with van der Waals surface area (Å²) >= 11 is 1.44. The van der Waals surface area contributed by atoms with Crippen molar-refractivity contribution in [3.63, 3.8) is 0 Å². The second-order valence-corrected chi connectivity index (χ2v) is 7.45. The summed E-state index contributed by atoms with van der Waals surface area (Å²) in [5.74, 6) is 1.32. The minimum atomic E-state index is 0.130. The highest BCUT2D eigenvalue weighted by atomic mass is 32.2. The summed E-state index contributed by atoms with van der Waals surface area (Å²) < 4.78 is 1.95. The lowest BCUT2D eigenvalue weighted by Gasteiger charge is -2.30. The summed E-state index contributed by atoms with van der Waals surface area (Å²) in [5, 5.41) is 9.29. The van der Waals surface area contributed by atoms with Gasteiger partial charge in [-0.15, -0.1) is 10.2 Å². The third-order valence-electron chi connectivity index (χ3n) is 3.84. The Morgan fingerprint density at radius 1 is 1.21 bits per heavy atom. The summed E-state index contributed by atoms with van der Waals surface area (Å²) in [6, 6.07) is 8.57. The first-order valence-corrected chi connectivity index (χ1v) is 9.20. The number of benzene rings is 1. The second kappa shape index (κ2) is 7.83.